The minimum atomic E-state index is -0.145. The molecule has 0 N–H and O–H groups in total. The van der Waals surface area contributed by atoms with E-state index in [1.165, 1.54) is 19.3 Å². The molecule has 2 saturated carbocycles. The van der Waals surface area contributed by atoms with Crippen LogP contribution in [0.1, 0.15) is 19.3 Å². The Labute approximate surface area is 78.0 Å². The molecule has 0 amide bonds. The zero-order valence-electron chi connectivity index (χ0n) is 7.66. The largest absolute Gasteiger partial charge is 0.462 e. The Morgan fingerprint density at radius 1 is 1.31 bits per heavy atom. The molecule has 2 aliphatic carbocycles. The highest BCUT2D eigenvalue weighted by atomic mass is 16.5. The van der Waals surface area contributed by atoms with Gasteiger partial charge in [-0.05, 0) is 37.0 Å². The molecule has 4 atom stereocenters. The maximum absolute atomic E-state index is 11.3. The number of fused-ring (bicyclic) bond motifs is 5. The van der Waals surface area contributed by atoms with E-state index >= 15 is 0 Å². The summed E-state index contributed by atoms with van der Waals surface area (Å²) in [5.74, 6) is 2.51. The summed E-state index contributed by atoms with van der Waals surface area (Å²) in [5, 5.41) is 0. The van der Waals surface area contributed by atoms with Crippen molar-refractivity contribution in [2.75, 3.05) is 6.61 Å². The molecule has 0 unspecified atom stereocenters. The molecule has 2 nitrogen and oxygen atoms in total. The molecule has 2 heteroatoms. The van der Waals surface area contributed by atoms with E-state index in [-0.39, 0.29) is 5.97 Å². The van der Waals surface area contributed by atoms with Crippen LogP contribution in [0.5, 0.6) is 0 Å². The fourth-order valence-corrected chi connectivity index (χ4v) is 3.59. The Morgan fingerprint density at radius 3 is 2.92 bits per heavy atom. The fourth-order valence-electron chi connectivity index (χ4n) is 3.59. The summed E-state index contributed by atoms with van der Waals surface area (Å²) >= 11 is 0. The minimum absolute atomic E-state index is 0.145. The highest BCUT2D eigenvalue weighted by Gasteiger charge is 2.52. The zero-order chi connectivity index (χ0) is 9.00. The molecule has 1 heterocycles. The van der Waals surface area contributed by atoms with Gasteiger partial charge < -0.3 is 4.74 Å². The van der Waals surface area contributed by atoms with Crippen molar-refractivity contribution in [3.63, 3.8) is 0 Å². The second-order valence-corrected chi connectivity index (χ2v) is 4.65. The van der Waals surface area contributed by atoms with Gasteiger partial charge in [-0.15, -0.1) is 0 Å². The molecule has 0 spiro atoms. The Kier molecular flexibility index (Phi) is 1.38. The van der Waals surface area contributed by atoms with E-state index in [1.54, 1.807) is 0 Å². The van der Waals surface area contributed by atoms with Crippen LogP contribution in [0.25, 0.3) is 0 Å². The first kappa shape index (κ1) is 7.60. The molecular formula is C11H14O2. The average molecular weight is 178 g/mol. The van der Waals surface area contributed by atoms with Gasteiger partial charge >= 0.3 is 5.97 Å². The third-order valence-corrected chi connectivity index (χ3v) is 4.16. The molecule has 1 aliphatic heterocycles. The molecule has 3 fully saturated rings. The SMILES string of the molecule is C=C1C(=O)OC[C@H]2[C@H]3CC[C@@H](C3)[C@@H]12. The van der Waals surface area contributed by atoms with Gasteiger partial charge in [0.1, 0.15) is 0 Å². The molecule has 13 heavy (non-hydrogen) atoms. The number of rotatable bonds is 0. The molecule has 2 bridgehead atoms. The summed E-state index contributed by atoms with van der Waals surface area (Å²) in [6.45, 7) is 4.54. The molecule has 0 radical (unpaired) electrons. The van der Waals surface area contributed by atoms with Gasteiger partial charge in [0.05, 0.1) is 6.61 Å². The van der Waals surface area contributed by atoms with Gasteiger partial charge in [0.25, 0.3) is 0 Å². The van der Waals surface area contributed by atoms with Gasteiger partial charge in [0.15, 0.2) is 0 Å². The van der Waals surface area contributed by atoms with Gasteiger partial charge in [-0.3, -0.25) is 0 Å². The van der Waals surface area contributed by atoms with Gasteiger partial charge in [-0.2, -0.15) is 0 Å². The molecule has 3 rings (SSSR count). The summed E-state index contributed by atoms with van der Waals surface area (Å²) in [6, 6.07) is 0. The first-order valence-electron chi connectivity index (χ1n) is 5.13. The van der Waals surface area contributed by atoms with Crippen molar-refractivity contribution in [1.82, 2.24) is 0 Å². The third kappa shape index (κ3) is 0.862. The van der Waals surface area contributed by atoms with Crippen molar-refractivity contribution in [3.8, 4) is 0 Å². The second kappa shape index (κ2) is 2.37. The lowest BCUT2D eigenvalue weighted by Crippen LogP contribution is -2.36. The van der Waals surface area contributed by atoms with Gasteiger partial charge in [0.2, 0.25) is 0 Å². The maximum atomic E-state index is 11.3. The normalized spacial score (nSPS) is 47.7. The van der Waals surface area contributed by atoms with E-state index in [9.17, 15) is 4.79 Å². The van der Waals surface area contributed by atoms with Crippen molar-refractivity contribution in [2.24, 2.45) is 23.7 Å². The standard InChI is InChI=1S/C11H14O2/c1-6-10-8-3-2-7(4-8)9(10)5-13-11(6)12/h7-10H,1-5H2/t7-,8-,9-,10+/m0/s1. The van der Waals surface area contributed by atoms with E-state index in [0.717, 1.165) is 17.4 Å². The predicted octanol–water partition coefficient (Wildman–Crippen LogP) is 1.76. The smallest absolute Gasteiger partial charge is 0.333 e. The molecule has 70 valence electrons. The van der Waals surface area contributed by atoms with E-state index in [2.05, 4.69) is 6.58 Å². The van der Waals surface area contributed by atoms with Crippen LogP contribution in [-0.2, 0) is 9.53 Å². The van der Waals surface area contributed by atoms with E-state index in [4.69, 9.17) is 4.74 Å². The summed E-state index contributed by atoms with van der Waals surface area (Å²) in [5.41, 5.74) is 0.753. The number of hydrogen-bond acceptors (Lipinski definition) is 2. The minimum Gasteiger partial charge on any atom is -0.462 e. The van der Waals surface area contributed by atoms with Crippen LogP contribution in [-0.4, -0.2) is 12.6 Å². The van der Waals surface area contributed by atoms with Crippen molar-refractivity contribution in [3.05, 3.63) is 12.2 Å². The van der Waals surface area contributed by atoms with Gasteiger partial charge in [0, 0.05) is 11.5 Å². The number of hydrogen-bond donors (Lipinski definition) is 0. The van der Waals surface area contributed by atoms with Gasteiger partial charge in [-0.1, -0.05) is 6.58 Å². The summed E-state index contributed by atoms with van der Waals surface area (Å²) in [4.78, 5) is 11.3. The summed E-state index contributed by atoms with van der Waals surface area (Å²) in [7, 11) is 0. The van der Waals surface area contributed by atoms with Crippen LogP contribution in [0.15, 0.2) is 12.2 Å². The molecule has 0 aromatic carbocycles. The fraction of sp³-hybridized carbons (Fsp3) is 0.727. The summed E-state index contributed by atoms with van der Waals surface area (Å²) < 4.78 is 5.12. The Balaban J connectivity index is 1.94. The first-order valence-corrected chi connectivity index (χ1v) is 5.13. The Morgan fingerprint density at radius 2 is 2.08 bits per heavy atom. The highest BCUT2D eigenvalue weighted by Crippen LogP contribution is 2.56. The van der Waals surface area contributed by atoms with E-state index in [1.807, 2.05) is 0 Å². The van der Waals surface area contributed by atoms with Crippen molar-refractivity contribution in [1.29, 1.82) is 0 Å². The number of carbonyl (C=O) groups is 1. The monoisotopic (exact) mass is 178 g/mol. The second-order valence-electron chi connectivity index (χ2n) is 4.65. The molecule has 1 saturated heterocycles. The lowest BCUT2D eigenvalue weighted by molar-refractivity contribution is -0.146. The molecular weight excluding hydrogens is 164 g/mol. The quantitative estimate of drug-likeness (QED) is 0.417. The number of ether oxygens (including phenoxy) is 1. The van der Waals surface area contributed by atoms with Crippen LogP contribution in [0.2, 0.25) is 0 Å². The van der Waals surface area contributed by atoms with Crippen LogP contribution in [0.4, 0.5) is 0 Å². The predicted molar refractivity (Wildman–Crippen MR) is 47.9 cm³/mol. The Bertz CT molecular complexity index is 282. The number of carbonyl (C=O) groups excluding carboxylic acids is 1. The third-order valence-electron chi connectivity index (χ3n) is 4.16. The van der Waals surface area contributed by atoms with E-state index < -0.39 is 0 Å². The van der Waals surface area contributed by atoms with Crippen molar-refractivity contribution >= 4 is 5.97 Å². The maximum Gasteiger partial charge on any atom is 0.333 e. The Hall–Kier alpha value is -0.790. The van der Waals surface area contributed by atoms with Crippen molar-refractivity contribution < 1.29 is 9.53 Å². The lowest BCUT2D eigenvalue weighted by Gasteiger charge is -2.35. The number of esters is 1. The molecule has 3 aliphatic rings. The summed E-state index contributed by atoms with van der Waals surface area (Å²) in [6.07, 6.45) is 3.96. The zero-order valence-corrected chi connectivity index (χ0v) is 7.66. The van der Waals surface area contributed by atoms with E-state index in [0.29, 0.717) is 18.4 Å². The number of cyclic esters (lactones) is 1. The lowest BCUT2D eigenvalue weighted by atomic mass is 9.75. The topological polar surface area (TPSA) is 26.3 Å². The first-order chi connectivity index (χ1) is 6.27. The average Bonchev–Trinajstić information content (AvgIpc) is 2.70. The highest BCUT2D eigenvalue weighted by molar-refractivity contribution is 5.89. The van der Waals surface area contributed by atoms with Crippen LogP contribution >= 0.6 is 0 Å². The van der Waals surface area contributed by atoms with Crippen LogP contribution in [0.3, 0.4) is 0 Å². The van der Waals surface area contributed by atoms with Crippen LogP contribution < -0.4 is 0 Å². The molecule has 0 aromatic rings. The van der Waals surface area contributed by atoms with Crippen molar-refractivity contribution in [2.45, 2.75) is 19.3 Å². The van der Waals surface area contributed by atoms with Gasteiger partial charge in [-0.25, -0.2) is 4.79 Å². The van der Waals surface area contributed by atoms with Crippen LogP contribution in [0, 0.1) is 23.7 Å². The molecule has 0 aromatic heterocycles.